The molecule has 0 atom stereocenters. The van der Waals surface area contributed by atoms with Crippen LogP contribution in [0.3, 0.4) is 0 Å². The first kappa shape index (κ1) is 21.9. The highest BCUT2D eigenvalue weighted by Gasteiger charge is 2.13. The van der Waals surface area contributed by atoms with Crippen LogP contribution in [0.5, 0.6) is 11.5 Å². The molecule has 0 saturated heterocycles. The van der Waals surface area contributed by atoms with Crippen LogP contribution in [-0.2, 0) is 6.61 Å². The summed E-state index contributed by atoms with van der Waals surface area (Å²) in [5.41, 5.74) is 5.61. The molecule has 0 aliphatic heterocycles. The second-order valence-electron chi connectivity index (χ2n) is 6.43. The van der Waals surface area contributed by atoms with Crippen LogP contribution in [0.25, 0.3) is 0 Å². The van der Waals surface area contributed by atoms with Gasteiger partial charge >= 0.3 is 0 Å². The van der Waals surface area contributed by atoms with Crippen molar-refractivity contribution in [3.63, 3.8) is 0 Å². The van der Waals surface area contributed by atoms with Crippen molar-refractivity contribution in [3.8, 4) is 11.5 Å². The zero-order valence-corrected chi connectivity index (χ0v) is 18.8. The molecule has 3 aromatic carbocycles. The number of amides is 1. The van der Waals surface area contributed by atoms with Crippen LogP contribution in [0.15, 0.2) is 70.2 Å². The summed E-state index contributed by atoms with van der Waals surface area (Å²) >= 11 is 9.70. The van der Waals surface area contributed by atoms with E-state index in [0.717, 1.165) is 16.7 Å². The normalized spacial score (nSPS) is 10.8. The van der Waals surface area contributed by atoms with E-state index < -0.39 is 0 Å². The molecule has 0 radical (unpaired) electrons. The average Bonchev–Trinajstić information content (AvgIpc) is 2.74. The molecule has 5 nitrogen and oxygen atoms in total. The molecule has 0 fully saturated rings. The Balaban J connectivity index is 1.72. The van der Waals surface area contributed by atoms with Crippen LogP contribution >= 0.6 is 27.5 Å². The number of hydrogen-bond donors (Lipinski definition) is 1. The highest BCUT2D eigenvalue weighted by molar-refractivity contribution is 9.10. The molecule has 1 N–H and O–H groups in total. The van der Waals surface area contributed by atoms with Crippen LogP contribution in [0.2, 0.25) is 5.02 Å². The zero-order valence-electron chi connectivity index (χ0n) is 16.5. The summed E-state index contributed by atoms with van der Waals surface area (Å²) in [7, 11) is 1.56. The second-order valence-corrected chi connectivity index (χ2v) is 7.69. The number of ether oxygens (including phenoxy) is 2. The topological polar surface area (TPSA) is 59.9 Å². The predicted octanol–water partition coefficient (Wildman–Crippen LogP) is 5.76. The molecule has 0 unspecified atom stereocenters. The van der Waals surface area contributed by atoms with Gasteiger partial charge in [-0.25, -0.2) is 5.43 Å². The summed E-state index contributed by atoms with van der Waals surface area (Å²) in [6, 6.07) is 18.4. The fourth-order valence-corrected chi connectivity index (χ4v) is 3.54. The van der Waals surface area contributed by atoms with Crippen LogP contribution < -0.4 is 14.9 Å². The minimum absolute atomic E-state index is 0.268. The summed E-state index contributed by atoms with van der Waals surface area (Å²) in [5.74, 6) is 0.816. The molecule has 0 bridgehead atoms. The monoisotopic (exact) mass is 486 g/mol. The molecule has 0 saturated carbocycles. The van der Waals surface area contributed by atoms with Crippen molar-refractivity contribution < 1.29 is 14.3 Å². The van der Waals surface area contributed by atoms with E-state index >= 15 is 0 Å². The quantitative estimate of drug-likeness (QED) is 0.340. The van der Waals surface area contributed by atoms with Gasteiger partial charge in [0.1, 0.15) is 6.61 Å². The molecule has 0 aromatic heterocycles. The van der Waals surface area contributed by atoms with Crippen molar-refractivity contribution in [2.45, 2.75) is 13.5 Å². The van der Waals surface area contributed by atoms with Gasteiger partial charge in [-0.2, -0.15) is 5.10 Å². The second kappa shape index (κ2) is 10.3. The molecule has 3 rings (SSSR count). The third kappa shape index (κ3) is 5.40. The van der Waals surface area contributed by atoms with Crippen molar-refractivity contribution in [2.24, 2.45) is 5.10 Å². The number of halogens is 2. The summed E-state index contributed by atoms with van der Waals surface area (Å²) in [6.45, 7) is 2.18. The number of carbonyl (C=O) groups is 1. The van der Waals surface area contributed by atoms with Gasteiger partial charge < -0.3 is 9.47 Å². The third-order valence-corrected chi connectivity index (χ3v) is 5.31. The summed E-state index contributed by atoms with van der Waals surface area (Å²) in [4.78, 5) is 12.3. The number of hydrazone groups is 1. The van der Waals surface area contributed by atoms with Crippen molar-refractivity contribution in [1.29, 1.82) is 0 Å². The van der Waals surface area contributed by atoms with E-state index in [0.29, 0.717) is 33.2 Å². The van der Waals surface area contributed by atoms with Crippen molar-refractivity contribution in [2.75, 3.05) is 7.11 Å². The molecule has 0 spiro atoms. The fourth-order valence-electron chi connectivity index (χ4n) is 2.77. The molecule has 7 heteroatoms. The van der Waals surface area contributed by atoms with E-state index in [2.05, 4.69) is 26.5 Å². The van der Waals surface area contributed by atoms with Gasteiger partial charge in [0.25, 0.3) is 5.91 Å². The first-order valence-electron chi connectivity index (χ1n) is 9.12. The first-order valence-corrected chi connectivity index (χ1v) is 10.3. The third-order valence-electron chi connectivity index (χ3n) is 4.35. The number of hydrogen-bond acceptors (Lipinski definition) is 4. The molecule has 3 aromatic rings. The van der Waals surface area contributed by atoms with Crippen LogP contribution in [-0.4, -0.2) is 19.2 Å². The first-order chi connectivity index (χ1) is 14.5. The minimum atomic E-state index is -0.268. The SMILES string of the molecule is COc1cc(C=NNC(=O)c2ccccc2C)cc(Br)c1OCc1ccccc1Cl. The molecular weight excluding hydrogens is 468 g/mol. The molecule has 154 valence electrons. The standard InChI is InChI=1S/C23H20BrClN2O3/c1-15-7-3-5-9-18(15)23(28)27-26-13-16-11-19(24)22(21(12-16)29-2)30-14-17-8-4-6-10-20(17)25/h3-13H,14H2,1-2H3,(H,27,28). The van der Waals surface area contributed by atoms with E-state index in [1.807, 2.05) is 55.5 Å². The number of nitrogens with one attached hydrogen (secondary N) is 1. The largest absolute Gasteiger partial charge is 0.493 e. The Labute approximate surface area is 188 Å². The van der Waals surface area contributed by atoms with E-state index in [9.17, 15) is 4.79 Å². The maximum atomic E-state index is 12.3. The Morgan fingerprint density at radius 2 is 1.90 bits per heavy atom. The average molecular weight is 488 g/mol. The minimum Gasteiger partial charge on any atom is -0.493 e. The summed E-state index contributed by atoms with van der Waals surface area (Å²) in [6.07, 6.45) is 1.54. The molecule has 1 amide bonds. The predicted molar refractivity (Wildman–Crippen MR) is 123 cm³/mol. The van der Waals surface area contributed by atoms with Gasteiger partial charge in [-0.05, 0) is 58.2 Å². The Hall–Kier alpha value is -2.83. The van der Waals surface area contributed by atoms with Crippen molar-refractivity contribution in [3.05, 3.63) is 92.4 Å². The molecule has 30 heavy (non-hydrogen) atoms. The zero-order chi connectivity index (χ0) is 21.5. The smallest absolute Gasteiger partial charge is 0.271 e. The highest BCUT2D eigenvalue weighted by atomic mass is 79.9. The molecule has 0 heterocycles. The maximum Gasteiger partial charge on any atom is 0.271 e. The lowest BCUT2D eigenvalue weighted by molar-refractivity contribution is 0.0954. The summed E-state index contributed by atoms with van der Waals surface area (Å²) < 4.78 is 12.1. The van der Waals surface area contributed by atoms with Gasteiger partial charge in [0.2, 0.25) is 0 Å². The number of carbonyl (C=O) groups excluding carboxylic acids is 1. The van der Waals surface area contributed by atoms with Crippen LogP contribution in [0, 0.1) is 6.92 Å². The number of methoxy groups -OCH3 is 1. The lowest BCUT2D eigenvalue weighted by Crippen LogP contribution is -2.18. The number of rotatable bonds is 7. The van der Waals surface area contributed by atoms with E-state index in [4.69, 9.17) is 21.1 Å². The lowest BCUT2D eigenvalue weighted by atomic mass is 10.1. The summed E-state index contributed by atoms with van der Waals surface area (Å²) in [5, 5.41) is 4.69. The van der Waals surface area contributed by atoms with Crippen LogP contribution in [0.1, 0.15) is 27.0 Å². The van der Waals surface area contributed by atoms with E-state index in [1.54, 1.807) is 25.5 Å². The van der Waals surface area contributed by atoms with E-state index in [-0.39, 0.29) is 5.91 Å². The van der Waals surface area contributed by atoms with Gasteiger partial charge in [-0.1, -0.05) is 48.0 Å². The van der Waals surface area contributed by atoms with Crippen molar-refractivity contribution >= 4 is 39.7 Å². The number of aryl methyl sites for hydroxylation is 1. The van der Waals surface area contributed by atoms with Crippen LogP contribution in [0.4, 0.5) is 0 Å². The van der Waals surface area contributed by atoms with Gasteiger partial charge in [-0.3, -0.25) is 4.79 Å². The fraction of sp³-hybridized carbons (Fsp3) is 0.130. The Bertz CT molecular complexity index is 1090. The molecule has 0 aliphatic rings. The molecule has 0 aliphatic carbocycles. The van der Waals surface area contributed by atoms with Gasteiger partial charge in [0.05, 0.1) is 17.8 Å². The van der Waals surface area contributed by atoms with E-state index in [1.165, 1.54) is 0 Å². The molecular formula is C23H20BrClN2O3. The van der Waals surface area contributed by atoms with Gasteiger partial charge in [0.15, 0.2) is 11.5 Å². The lowest BCUT2D eigenvalue weighted by Gasteiger charge is -2.14. The Morgan fingerprint density at radius 1 is 1.17 bits per heavy atom. The Kier molecular flexibility index (Phi) is 7.49. The van der Waals surface area contributed by atoms with Gasteiger partial charge in [-0.15, -0.1) is 0 Å². The number of benzene rings is 3. The van der Waals surface area contributed by atoms with Gasteiger partial charge in [0, 0.05) is 16.1 Å². The highest BCUT2D eigenvalue weighted by Crippen LogP contribution is 2.37. The van der Waals surface area contributed by atoms with Crippen molar-refractivity contribution in [1.82, 2.24) is 5.43 Å². The maximum absolute atomic E-state index is 12.3. The number of nitrogens with zero attached hydrogens (tertiary/aromatic N) is 1. The Morgan fingerprint density at radius 3 is 2.63 bits per heavy atom.